The topological polar surface area (TPSA) is 121 Å². The Kier molecular flexibility index (Phi) is 9.59. The van der Waals surface area contributed by atoms with Gasteiger partial charge >= 0.3 is 11.9 Å². The van der Waals surface area contributed by atoms with Crippen molar-refractivity contribution < 1.29 is 28.9 Å². The van der Waals surface area contributed by atoms with Crippen LogP contribution < -0.4 is 19.7 Å². The van der Waals surface area contributed by atoms with Gasteiger partial charge in [-0.05, 0) is 76.8 Å². The van der Waals surface area contributed by atoms with Gasteiger partial charge in [0.05, 0.1) is 17.9 Å². The highest BCUT2D eigenvalue weighted by atomic mass is 16.6. The molecule has 0 amide bonds. The van der Waals surface area contributed by atoms with E-state index in [-0.39, 0.29) is 19.1 Å². The Morgan fingerprint density at radius 2 is 1.92 bits per heavy atom. The second kappa shape index (κ2) is 12.7. The van der Waals surface area contributed by atoms with Gasteiger partial charge in [-0.25, -0.2) is 4.79 Å². The summed E-state index contributed by atoms with van der Waals surface area (Å²) in [5, 5.41) is 22.3. The van der Waals surface area contributed by atoms with E-state index in [2.05, 4.69) is 11.4 Å². The number of carbonyl (C=O) groups is 2. The fraction of sp³-hybridized carbons (Fsp3) is 0.483. The summed E-state index contributed by atoms with van der Waals surface area (Å²) in [7, 11) is 0. The molecule has 38 heavy (non-hydrogen) atoms. The Hall–Kier alpha value is -3.77. The number of hydrogen-bond acceptors (Lipinski definition) is 8. The van der Waals surface area contributed by atoms with Crippen molar-refractivity contribution in [1.82, 2.24) is 5.32 Å². The maximum absolute atomic E-state index is 13.0. The van der Waals surface area contributed by atoms with Gasteiger partial charge in [0.25, 0.3) is 0 Å². The largest absolute Gasteiger partial charge is 0.490 e. The van der Waals surface area contributed by atoms with Crippen molar-refractivity contribution in [1.29, 1.82) is 5.26 Å². The average Bonchev–Trinajstić information content (AvgIpc) is 3.23. The second-order valence-corrected chi connectivity index (χ2v) is 10.4. The van der Waals surface area contributed by atoms with E-state index in [1.165, 1.54) is 0 Å². The predicted molar refractivity (Wildman–Crippen MR) is 144 cm³/mol. The molecular formula is C29H37N3O6. The van der Waals surface area contributed by atoms with Crippen molar-refractivity contribution in [3.05, 3.63) is 53.1 Å². The molecule has 204 valence electrons. The SMILES string of the molecule is CCOc1ccccc1OC(CNC(C)Cc1cc(C#N)c2c(c1)CCN2CC(=O)O)C(=O)OC(C)(C)C. The van der Waals surface area contributed by atoms with Crippen LogP contribution in [0, 0.1) is 11.3 Å². The third-order valence-corrected chi connectivity index (χ3v) is 5.94. The first kappa shape index (κ1) is 28.8. The van der Waals surface area contributed by atoms with E-state index in [9.17, 15) is 20.0 Å². The molecule has 0 saturated heterocycles. The Bertz CT molecular complexity index is 1180. The molecule has 1 aliphatic rings. The number of esters is 1. The lowest BCUT2D eigenvalue weighted by molar-refractivity contribution is -0.163. The monoisotopic (exact) mass is 523 g/mol. The van der Waals surface area contributed by atoms with Crippen LogP contribution in [-0.4, -0.2) is 61.0 Å². The number of anilines is 1. The smallest absolute Gasteiger partial charge is 0.349 e. The number of fused-ring (bicyclic) bond motifs is 1. The Balaban J connectivity index is 1.72. The van der Waals surface area contributed by atoms with Crippen LogP contribution in [0.4, 0.5) is 5.69 Å². The lowest BCUT2D eigenvalue weighted by atomic mass is 9.99. The molecule has 3 rings (SSSR count). The summed E-state index contributed by atoms with van der Waals surface area (Å²) >= 11 is 0. The predicted octanol–water partition coefficient (Wildman–Crippen LogP) is 3.71. The number of para-hydroxylation sites is 2. The van der Waals surface area contributed by atoms with Crippen LogP contribution in [0.3, 0.4) is 0 Å². The van der Waals surface area contributed by atoms with Gasteiger partial charge in [0.2, 0.25) is 6.10 Å². The van der Waals surface area contributed by atoms with E-state index in [1.54, 1.807) is 17.0 Å². The van der Waals surface area contributed by atoms with Crippen LogP contribution in [0.5, 0.6) is 11.5 Å². The van der Waals surface area contributed by atoms with Gasteiger partial charge in [-0.2, -0.15) is 5.26 Å². The maximum Gasteiger partial charge on any atom is 0.349 e. The zero-order valence-electron chi connectivity index (χ0n) is 22.7. The molecule has 9 nitrogen and oxygen atoms in total. The van der Waals surface area contributed by atoms with Gasteiger partial charge in [-0.1, -0.05) is 18.2 Å². The summed E-state index contributed by atoms with van der Waals surface area (Å²) in [6, 6.07) is 13.2. The van der Waals surface area contributed by atoms with E-state index in [0.29, 0.717) is 48.7 Å². The Morgan fingerprint density at radius 1 is 1.21 bits per heavy atom. The molecule has 2 unspecified atom stereocenters. The van der Waals surface area contributed by atoms with Gasteiger partial charge in [-0.15, -0.1) is 0 Å². The summed E-state index contributed by atoms with van der Waals surface area (Å²) in [6.45, 7) is 10.4. The van der Waals surface area contributed by atoms with Gasteiger partial charge < -0.3 is 29.5 Å². The summed E-state index contributed by atoms with van der Waals surface area (Å²) in [4.78, 5) is 26.0. The van der Waals surface area contributed by atoms with Crippen molar-refractivity contribution in [2.45, 2.75) is 65.2 Å². The van der Waals surface area contributed by atoms with Crippen LogP contribution in [0.25, 0.3) is 0 Å². The van der Waals surface area contributed by atoms with Gasteiger partial charge in [-0.3, -0.25) is 4.79 Å². The number of carboxylic acid groups (broad SMARTS) is 1. The molecule has 0 saturated carbocycles. The molecule has 2 N–H and O–H groups in total. The lowest BCUT2D eigenvalue weighted by Gasteiger charge is -2.26. The van der Waals surface area contributed by atoms with Gasteiger partial charge in [0.15, 0.2) is 11.5 Å². The molecule has 2 atom stereocenters. The van der Waals surface area contributed by atoms with Crippen molar-refractivity contribution in [2.75, 3.05) is 31.1 Å². The van der Waals surface area contributed by atoms with Crippen molar-refractivity contribution >= 4 is 17.6 Å². The summed E-state index contributed by atoms with van der Waals surface area (Å²) in [5.74, 6) is -0.390. The number of hydrogen-bond donors (Lipinski definition) is 2. The average molecular weight is 524 g/mol. The zero-order valence-corrected chi connectivity index (χ0v) is 22.7. The molecule has 0 bridgehead atoms. The van der Waals surface area contributed by atoms with Crippen LogP contribution in [-0.2, 0) is 27.2 Å². The number of nitrogens with zero attached hydrogens (tertiary/aromatic N) is 2. The van der Waals surface area contributed by atoms with Crippen molar-refractivity contribution in [3.63, 3.8) is 0 Å². The molecule has 9 heteroatoms. The number of nitriles is 1. The molecule has 0 radical (unpaired) electrons. The van der Waals surface area contributed by atoms with E-state index in [1.807, 2.05) is 58.9 Å². The minimum atomic E-state index is -0.922. The number of carbonyl (C=O) groups excluding carboxylic acids is 1. The van der Waals surface area contributed by atoms with E-state index < -0.39 is 23.6 Å². The number of ether oxygens (including phenoxy) is 3. The third kappa shape index (κ3) is 7.86. The van der Waals surface area contributed by atoms with Gasteiger partial charge in [0, 0.05) is 19.1 Å². The van der Waals surface area contributed by atoms with Crippen LogP contribution in [0.2, 0.25) is 0 Å². The summed E-state index contributed by atoms with van der Waals surface area (Å²) in [6.07, 6.45) is 0.399. The number of aliphatic carboxylic acids is 1. The standard InChI is InChI=1S/C29H37N3O6/c1-6-36-23-9-7-8-10-24(23)37-25(28(35)38-29(3,4)5)17-31-19(2)13-20-14-21-11-12-32(18-26(33)34)27(21)22(15-20)16-30/h7-10,14-15,19,25,31H,6,11-13,17-18H2,1-5H3,(H,33,34). The minimum Gasteiger partial charge on any atom is -0.490 e. The minimum absolute atomic E-state index is 0.0493. The molecule has 2 aromatic carbocycles. The third-order valence-electron chi connectivity index (χ3n) is 5.94. The summed E-state index contributed by atoms with van der Waals surface area (Å²) in [5.41, 5.74) is 2.47. The van der Waals surface area contributed by atoms with Crippen molar-refractivity contribution in [2.24, 2.45) is 0 Å². The van der Waals surface area contributed by atoms with Crippen molar-refractivity contribution in [3.8, 4) is 17.6 Å². The number of nitrogens with one attached hydrogen (secondary N) is 1. The maximum atomic E-state index is 13.0. The fourth-order valence-corrected chi connectivity index (χ4v) is 4.47. The molecule has 0 fully saturated rings. The van der Waals surface area contributed by atoms with Crippen LogP contribution in [0.15, 0.2) is 36.4 Å². The molecule has 0 aromatic heterocycles. The quantitative estimate of drug-likeness (QED) is 0.401. The normalized spacial score (nSPS) is 14.3. The van der Waals surface area contributed by atoms with Gasteiger partial charge in [0.1, 0.15) is 18.2 Å². The zero-order chi connectivity index (χ0) is 27.9. The lowest BCUT2D eigenvalue weighted by Crippen LogP contribution is -2.44. The van der Waals surface area contributed by atoms with Crippen LogP contribution in [0.1, 0.15) is 51.3 Å². The summed E-state index contributed by atoms with van der Waals surface area (Å²) < 4.78 is 17.4. The number of carboxylic acids is 1. The molecule has 0 spiro atoms. The first-order valence-electron chi connectivity index (χ1n) is 12.9. The number of benzene rings is 2. The first-order valence-corrected chi connectivity index (χ1v) is 12.9. The van der Waals surface area contributed by atoms with E-state index in [0.717, 1.165) is 11.1 Å². The fourth-order valence-electron chi connectivity index (χ4n) is 4.47. The van der Waals surface area contributed by atoms with E-state index in [4.69, 9.17) is 14.2 Å². The highest BCUT2D eigenvalue weighted by molar-refractivity contribution is 5.78. The molecular weight excluding hydrogens is 486 g/mol. The Labute approximate surface area is 224 Å². The van der Waals surface area contributed by atoms with Crippen LogP contribution >= 0.6 is 0 Å². The molecule has 1 heterocycles. The first-order chi connectivity index (χ1) is 18.0. The van der Waals surface area contributed by atoms with E-state index >= 15 is 0 Å². The highest BCUT2D eigenvalue weighted by Gasteiger charge is 2.29. The second-order valence-electron chi connectivity index (χ2n) is 10.4. The number of rotatable bonds is 12. The Morgan fingerprint density at radius 3 is 2.55 bits per heavy atom. The molecule has 2 aromatic rings. The molecule has 1 aliphatic heterocycles. The highest BCUT2D eigenvalue weighted by Crippen LogP contribution is 2.33. The molecule has 0 aliphatic carbocycles.